The summed E-state index contributed by atoms with van der Waals surface area (Å²) >= 11 is 0. The van der Waals surface area contributed by atoms with Crippen LogP contribution < -0.4 is 0 Å². The molecule has 0 unspecified atom stereocenters. The molecule has 0 fully saturated rings. The quantitative estimate of drug-likeness (QED) is 0.382. The van der Waals surface area contributed by atoms with E-state index in [0.29, 0.717) is 0 Å². The second-order valence-electron chi connectivity index (χ2n) is 0. The molecule has 15 valence electrons. The van der Waals surface area contributed by atoms with Crippen molar-refractivity contribution in [2.24, 2.45) is 0 Å². The summed E-state index contributed by atoms with van der Waals surface area (Å²) in [4.78, 5) is 0. The van der Waals surface area contributed by atoms with E-state index in [0.717, 1.165) is 0 Å². The van der Waals surface area contributed by atoms with Crippen molar-refractivity contribution in [3.8, 4) is 0 Å². The van der Waals surface area contributed by atoms with Gasteiger partial charge in [-0.25, -0.2) is 0 Å². The molecule has 5 radical (unpaired) electrons. The summed E-state index contributed by atoms with van der Waals surface area (Å²) in [5.41, 5.74) is 0. The number of hydrogen-bond donors (Lipinski definition) is 0. The minimum atomic E-state index is 0. The first-order valence-electron chi connectivity index (χ1n) is 0. The molecule has 0 aliphatic heterocycles. The standard InChI is InChI=1S/Cu.K.Mg.Na. The molecule has 0 amide bonds. The Morgan fingerprint density at radius 2 is 1.00 bits per heavy atom. The van der Waals surface area contributed by atoms with Crippen LogP contribution in [-0.4, -0.2) is 104 Å². The van der Waals surface area contributed by atoms with Crippen molar-refractivity contribution >= 4 is 104 Å². The van der Waals surface area contributed by atoms with Crippen LogP contribution in [0.15, 0.2) is 0 Å². The van der Waals surface area contributed by atoms with Crippen molar-refractivity contribution in [1.29, 1.82) is 0 Å². The average molecular weight is 150 g/mol. The summed E-state index contributed by atoms with van der Waals surface area (Å²) < 4.78 is 0. The van der Waals surface area contributed by atoms with Crippen LogP contribution in [0.25, 0.3) is 0 Å². The zero-order valence-electron chi connectivity index (χ0n) is 3.01. The number of rotatable bonds is 0. The van der Waals surface area contributed by atoms with Crippen LogP contribution in [0.4, 0.5) is 0 Å². The third kappa shape index (κ3) is 9.33. The van der Waals surface area contributed by atoms with Crippen molar-refractivity contribution in [3.63, 3.8) is 0 Å². The summed E-state index contributed by atoms with van der Waals surface area (Å²) in [5, 5.41) is 0. The van der Waals surface area contributed by atoms with Gasteiger partial charge in [-0.1, -0.05) is 0 Å². The molecule has 0 nitrogen and oxygen atoms in total. The Kier molecular flexibility index (Phi) is 97.4. The summed E-state index contributed by atoms with van der Waals surface area (Å²) in [5.74, 6) is 0. The van der Waals surface area contributed by atoms with Crippen molar-refractivity contribution in [3.05, 3.63) is 0 Å². The Hall–Kier alpha value is 3.92. The van der Waals surface area contributed by atoms with Gasteiger partial charge in [-0.15, -0.1) is 0 Å². The molecule has 0 saturated heterocycles. The van der Waals surface area contributed by atoms with Gasteiger partial charge in [-0.2, -0.15) is 0 Å². The molecule has 0 saturated carbocycles. The largest absolute Gasteiger partial charge is 0 e. The molecule has 0 aromatic carbocycles. The van der Waals surface area contributed by atoms with Crippen LogP contribution in [0, 0.1) is 0 Å². The Balaban J connectivity index is 0. The first-order chi connectivity index (χ1) is 0. The Morgan fingerprint density at radius 3 is 1.00 bits per heavy atom. The molecule has 0 spiro atoms. The Labute approximate surface area is 118 Å². The van der Waals surface area contributed by atoms with E-state index in [1.807, 2.05) is 0 Å². The van der Waals surface area contributed by atoms with Gasteiger partial charge in [0, 0.05) is 121 Å². The zero-order chi connectivity index (χ0) is 0. The van der Waals surface area contributed by atoms with E-state index in [-0.39, 0.29) is 121 Å². The van der Waals surface area contributed by atoms with Crippen LogP contribution in [0.5, 0.6) is 0 Å². The first kappa shape index (κ1) is 24.7. The van der Waals surface area contributed by atoms with Gasteiger partial charge in [0.05, 0.1) is 0 Å². The molecule has 0 atom stereocenters. The summed E-state index contributed by atoms with van der Waals surface area (Å²) in [7, 11) is 0. The summed E-state index contributed by atoms with van der Waals surface area (Å²) in [6.45, 7) is 0. The van der Waals surface area contributed by atoms with E-state index >= 15 is 0 Å². The van der Waals surface area contributed by atoms with Gasteiger partial charge in [0.1, 0.15) is 0 Å². The average Bonchev–Trinajstić information content (AvgIpc) is 0. The first-order valence-corrected chi connectivity index (χ1v) is 0. The van der Waals surface area contributed by atoms with Crippen LogP contribution in [0.2, 0.25) is 0 Å². The molecule has 0 N–H and O–H groups in total. The second kappa shape index (κ2) is 15.8. The van der Waals surface area contributed by atoms with Gasteiger partial charge in [0.15, 0.2) is 0 Å². The monoisotopic (exact) mass is 149 g/mol. The van der Waals surface area contributed by atoms with Crippen LogP contribution in [-0.2, 0) is 17.1 Å². The molecule has 4 heteroatoms. The van der Waals surface area contributed by atoms with E-state index in [2.05, 4.69) is 0 Å². The SMILES string of the molecule is [Cu].[K].[Mg].[Na]. The van der Waals surface area contributed by atoms with Crippen LogP contribution in [0.1, 0.15) is 0 Å². The van der Waals surface area contributed by atoms with Gasteiger partial charge in [-0.3, -0.25) is 0 Å². The topological polar surface area (TPSA) is 0 Å². The summed E-state index contributed by atoms with van der Waals surface area (Å²) in [6.07, 6.45) is 0. The maximum absolute atomic E-state index is 0. The Morgan fingerprint density at radius 1 is 1.00 bits per heavy atom. The van der Waals surface area contributed by atoms with Gasteiger partial charge in [-0.05, 0) is 0 Å². The van der Waals surface area contributed by atoms with Crippen molar-refractivity contribution in [1.82, 2.24) is 0 Å². The fourth-order valence-electron chi connectivity index (χ4n) is 0. The molecule has 4 heavy (non-hydrogen) atoms. The van der Waals surface area contributed by atoms with Crippen molar-refractivity contribution in [2.75, 3.05) is 0 Å². The predicted octanol–water partition coefficient (Wildman–Crippen LogP) is -1.14. The molecular formula is CuKMgNa. The van der Waals surface area contributed by atoms with Crippen LogP contribution in [0.3, 0.4) is 0 Å². The van der Waals surface area contributed by atoms with Crippen molar-refractivity contribution < 1.29 is 17.1 Å². The Bertz CT molecular complexity index is 8.00. The van der Waals surface area contributed by atoms with E-state index in [9.17, 15) is 0 Å². The van der Waals surface area contributed by atoms with Crippen molar-refractivity contribution in [2.45, 2.75) is 0 Å². The molecule has 0 heterocycles. The van der Waals surface area contributed by atoms with Gasteiger partial charge >= 0.3 is 0 Å². The zero-order valence-corrected chi connectivity index (χ0v) is 10.5. The predicted molar refractivity (Wildman–Crippen MR) is 17.3 cm³/mol. The van der Waals surface area contributed by atoms with Crippen LogP contribution >= 0.6 is 0 Å². The molecule has 0 aromatic rings. The minimum Gasteiger partial charge on any atom is 0 e. The third-order valence-electron chi connectivity index (χ3n) is 0. The molecule has 0 aliphatic rings. The van der Waals surface area contributed by atoms with E-state index < -0.39 is 0 Å². The maximum atomic E-state index is 0. The maximum Gasteiger partial charge on any atom is 0 e. The van der Waals surface area contributed by atoms with E-state index in [1.165, 1.54) is 0 Å². The van der Waals surface area contributed by atoms with E-state index in [4.69, 9.17) is 0 Å². The number of hydrogen-bond acceptors (Lipinski definition) is 0. The normalized spacial score (nSPS) is 0. The second-order valence-corrected chi connectivity index (χ2v) is 0. The van der Waals surface area contributed by atoms with Gasteiger partial charge < -0.3 is 0 Å². The molecule has 0 aliphatic carbocycles. The molecule has 0 bridgehead atoms. The molecule has 0 aromatic heterocycles. The van der Waals surface area contributed by atoms with E-state index in [1.54, 1.807) is 0 Å². The molecule has 0 rings (SSSR count). The van der Waals surface area contributed by atoms with Gasteiger partial charge in [0.25, 0.3) is 0 Å². The smallest absolute Gasteiger partial charge is 0 e. The van der Waals surface area contributed by atoms with Gasteiger partial charge in [0.2, 0.25) is 0 Å². The third-order valence-corrected chi connectivity index (χ3v) is 0. The summed E-state index contributed by atoms with van der Waals surface area (Å²) in [6, 6.07) is 0. The minimum absolute atomic E-state index is 0. The fourth-order valence-corrected chi connectivity index (χ4v) is 0. The molecular weight excluding hydrogens is 150 g/mol. The fraction of sp³-hybridized carbons (Fsp3) is 0.